The van der Waals surface area contributed by atoms with Crippen LogP contribution < -0.4 is 14.8 Å². The number of nitrogens with zero attached hydrogens (tertiary/aromatic N) is 3. The highest BCUT2D eigenvalue weighted by molar-refractivity contribution is 7.89. The van der Waals surface area contributed by atoms with Crippen molar-refractivity contribution in [2.45, 2.75) is 17.7 Å². The highest BCUT2D eigenvalue weighted by Crippen LogP contribution is 2.36. The first kappa shape index (κ1) is 23.9. The highest BCUT2D eigenvalue weighted by atomic mass is 32.2. The van der Waals surface area contributed by atoms with Crippen molar-refractivity contribution in [2.75, 3.05) is 32.6 Å². The molecule has 180 valence electrons. The number of nitro groups is 1. The second kappa shape index (κ2) is 9.52. The Morgan fingerprint density at radius 1 is 1.18 bits per heavy atom. The van der Waals surface area contributed by atoms with E-state index in [1.165, 1.54) is 42.8 Å². The van der Waals surface area contributed by atoms with Crippen LogP contribution in [0.15, 0.2) is 41.3 Å². The van der Waals surface area contributed by atoms with Gasteiger partial charge in [0.15, 0.2) is 10.9 Å². The molecule has 1 fully saturated rings. The van der Waals surface area contributed by atoms with Crippen molar-refractivity contribution in [3.8, 4) is 11.5 Å². The van der Waals surface area contributed by atoms with Crippen LogP contribution in [0.2, 0.25) is 0 Å². The summed E-state index contributed by atoms with van der Waals surface area (Å²) in [5, 5.41) is 14.2. The van der Waals surface area contributed by atoms with E-state index >= 15 is 0 Å². The molecule has 1 N–H and O–H groups in total. The summed E-state index contributed by atoms with van der Waals surface area (Å²) in [6.07, 6.45) is 0.724. The fourth-order valence-corrected chi connectivity index (χ4v) is 6.15. The maximum atomic E-state index is 12.9. The quantitative estimate of drug-likeness (QED) is 0.380. The van der Waals surface area contributed by atoms with Gasteiger partial charge >= 0.3 is 0 Å². The number of thiazole rings is 1. The van der Waals surface area contributed by atoms with Gasteiger partial charge in [0.1, 0.15) is 11.3 Å². The van der Waals surface area contributed by atoms with Crippen LogP contribution in [0.25, 0.3) is 10.2 Å². The number of hydrogen-bond donors (Lipinski definition) is 1. The Morgan fingerprint density at radius 3 is 2.44 bits per heavy atom. The van der Waals surface area contributed by atoms with E-state index in [9.17, 15) is 23.3 Å². The average molecular weight is 507 g/mol. The fraction of sp³-hybridized carbons (Fsp3) is 0.333. The fourth-order valence-electron chi connectivity index (χ4n) is 3.76. The van der Waals surface area contributed by atoms with Crippen molar-refractivity contribution in [3.63, 3.8) is 0 Å². The lowest BCUT2D eigenvalue weighted by Gasteiger charge is -2.30. The number of benzene rings is 2. The third kappa shape index (κ3) is 4.67. The van der Waals surface area contributed by atoms with E-state index in [1.54, 1.807) is 12.1 Å². The lowest BCUT2D eigenvalue weighted by Crippen LogP contribution is -2.41. The number of rotatable bonds is 7. The Balaban J connectivity index is 1.42. The van der Waals surface area contributed by atoms with E-state index in [0.29, 0.717) is 33.9 Å². The summed E-state index contributed by atoms with van der Waals surface area (Å²) in [6.45, 7) is 0.429. The van der Waals surface area contributed by atoms with Crippen molar-refractivity contribution in [1.29, 1.82) is 0 Å². The molecule has 34 heavy (non-hydrogen) atoms. The molecule has 0 unspecified atom stereocenters. The first-order valence-electron chi connectivity index (χ1n) is 10.3. The van der Waals surface area contributed by atoms with E-state index in [2.05, 4.69) is 10.3 Å². The van der Waals surface area contributed by atoms with Gasteiger partial charge in [0.05, 0.1) is 34.8 Å². The number of nitro benzene ring substituents is 1. The molecule has 13 heteroatoms. The predicted molar refractivity (Wildman–Crippen MR) is 126 cm³/mol. The maximum Gasteiger partial charge on any atom is 0.274 e. The molecule has 2 aromatic carbocycles. The van der Waals surface area contributed by atoms with Crippen molar-refractivity contribution in [3.05, 3.63) is 46.5 Å². The second-order valence-electron chi connectivity index (χ2n) is 7.61. The van der Waals surface area contributed by atoms with Crippen LogP contribution in [-0.2, 0) is 14.8 Å². The SMILES string of the molecule is COc1ccc(S(=O)(=O)N2CCC(C(=O)Nc3nc4c(OC)cc([N+](=O)[O-])cc4s3)CC2)cc1. The first-order chi connectivity index (χ1) is 16.2. The minimum atomic E-state index is -3.66. The predicted octanol–water partition coefficient (Wildman–Crippen LogP) is 3.26. The van der Waals surface area contributed by atoms with Crippen LogP contribution in [-0.4, -0.2) is 55.8 Å². The molecule has 0 spiro atoms. The third-order valence-electron chi connectivity index (χ3n) is 5.63. The Hall–Kier alpha value is -3.29. The summed E-state index contributed by atoms with van der Waals surface area (Å²) in [5.74, 6) is 0.161. The van der Waals surface area contributed by atoms with Gasteiger partial charge in [0.2, 0.25) is 15.9 Å². The number of ether oxygens (including phenoxy) is 2. The van der Waals surface area contributed by atoms with Gasteiger partial charge in [-0.25, -0.2) is 13.4 Å². The van der Waals surface area contributed by atoms with Gasteiger partial charge in [0.25, 0.3) is 5.69 Å². The zero-order valence-electron chi connectivity index (χ0n) is 18.4. The average Bonchev–Trinajstić information content (AvgIpc) is 3.25. The van der Waals surface area contributed by atoms with Crippen LogP contribution in [0.4, 0.5) is 10.8 Å². The van der Waals surface area contributed by atoms with E-state index in [4.69, 9.17) is 9.47 Å². The van der Waals surface area contributed by atoms with Gasteiger partial charge in [-0.3, -0.25) is 14.9 Å². The first-order valence-corrected chi connectivity index (χ1v) is 12.6. The molecule has 0 bridgehead atoms. The van der Waals surface area contributed by atoms with Gasteiger partial charge in [-0.1, -0.05) is 11.3 Å². The molecule has 3 aromatic rings. The summed E-state index contributed by atoms with van der Waals surface area (Å²) in [7, 11) is -0.764. The number of fused-ring (bicyclic) bond motifs is 1. The van der Waals surface area contributed by atoms with Gasteiger partial charge in [-0.2, -0.15) is 4.31 Å². The molecule has 4 rings (SSSR count). The molecule has 11 nitrogen and oxygen atoms in total. The van der Waals surface area contributed by atoms with E-state index < -0.39 is 14.9 Å². The number of carbonyl (C=O) groups excluding carboxylic acids is 1. The summed E-state index contributed by atoms with van der Waals surface area (Å²) in [6, 6.07) is 8.85. The lowest BCUT2D eigenvalue weighted by atomic mass is 9.97. The van der Waals surface area contributed by atoms with Gasteiger partial charge in [-0.15, -0.1) is 0 Å². The summed E-state index contributed by atoms with van der Waals surface area (Å²) >= 11 is 1.11. The number of nitrogens with one attached hydrogen (secondary N) is 1. The molecule has 0 saturated carbocycles. The molecule has 0 atom stereocenters. The Labute approximate surface area is 199 Å². The zero-order valence-corrected chi connectivity index (χ0v) is 20.0. The van der Waals surface area contributed by atoms with Crippen molar-refractivity contribution in [1.82, 2.24) is 9.29 Å². The van der Waals surface area contributed by atoms with E-state index in [-0.39, 0.29) is 41.2 Å². The lowest BCUT2D eigenvalue weighted by molar-refractivity contribution is -0.384. The molecule has 1 aromatic heterocycles. The molecule has 2 heterocycles. The normalized spacial score (nSPS) is 15.2. The van der Waals surface area contributed by atoms with Gasteiger partial charge < -0.3 is 14.8 Å². The number of hydrogen-bond acceptors (Lipinski definition) is 9. The van der Waals surface area contributed by atoms with Crippen LogP contribution in [0.3, 0.4) is 0 Å². The molecular weight excluding hydrogens is 484 g/mol. The summed E-state index contributed by atoms with van der Waals surface area (Å²) in [5.41, 5.74) is 0.296. The standard InChI is InChI=1S/C21H22N4O7S2/c1-31-15-3-5-16(6-4-15)34(29,30)24-9-7-13(8-10-24)20(26)23-21-22-19-17(32-2)11-14(25(27)28)12-18(19)33-21/h3-6,11-13H,7-10H2,1-2H3,(H,22,23,26). The molecule has 0 aliphatic carbocycles. The third-order valence-corrected chi connectivity index (χ3v) is 8.46. The number of amides is 1. The molecule has 1 aliphatic rings. The highest BCUT2D eigenvalue weighted by Gasteiger charge is 2.32. The maximum absolute atomic E-state index is 12.9. The molecule has 1 amide bonds. The smallest absolute Gasteiger partial charge is 0.274 e. The molecule has 1 aliphatic heterocycles. The number of aromatic nitrogens is 1. The Kier molecular flexibility index (Phi) is 6.68. The van der Waals surface area contributed by atoms with Crippen LogP contribution >= 0.6 is 11.3 Å². The second-order valence-corrected chi connectivity index (χ2v) is 10.6. The minimum absolute atomic E-state index is 0.128. The number of sulfonamides is 1. The van der Waals surface area contributed by atoms with Crippen molar-refractivity contribution >= 4 is 48.3 Å². The molecule has 0 radical (unpaired) electrons. The Bertz CT molecular complexity index is 1330. The largest absolute Gasteiger partial charge is 0.497 e. The van der Waals surface area contributed by atoms with Crippen LogP contribution in [0, 0.1) is 16.0 Å². The minimum Gasteiger partial charge on any atom is -0.497 e. The summed E-state index contributed by atoms with van der Waals surface area (Å²) < 4.78 is 38.0. The number of carbonyl (C=O) groups is 1. The number of non-ortho nitro benzene ring substituents is 1. The summed E-state index contributed by atoms with van der Waals surface area (Å²) in [4.78, 5) is 27.9. The van der Waals surface area contributed by atoms with E-state index in [0.717, 1.165) is 11.3 Å². The molecular formula is C21H22N4O7S2. The number of methoxy groups -OCH3 is 2. The monoisotopic (exact) mass is 506 g/mol. The zero-order chi connectivity index (χ0) is 24.5. The number of piperidine rings is 1. The van der Waals surface area contributed by atoms with Crippen LogP contribution in [0.5, 0.6) is 11.5 Å². The number of anilines is 1. The van der Waals surface area contributed by atoms with Gasteiger partial charge in [0, 0.05) is 25.1 Å². The Morgan fingerprint density at radius 2 is 1.85 bits per heavy atom. The van der Waals surface area contributed by atoms with Crippen molar-refractivity contribution < 1.29 is 27.6 Å². The van der Waals surface area contributed by atoms with Crippen molar-refractivity contribution in [2.24, 2.45) is 5.92 Å². The van der Waals surface area contributed by atoms with E-state index in [1.807, 2.05) is 0 Å². The van der Waals surface area contributed by atoms with Gasteiger partial charge in [-0.05, 0) is 37.1 Å². The van der Waals surface area contributed by atoms with Crippen LogP contribution in [0.1, 0.15) is 12.8 Å². The topological polar surface area (TPSA) is 141 Å². The molecule has 1 saturated heterocycles.